The zero-order chi connectivity index (χ0) is 15.0. The second-order valence-electron chi connectivity index (χ2n) is 4.68. The first-order valence-electron chi connectivity index (χ1n) is 6.37. The average molecular weight is 304 g/mol. The lowest BCUT2D eigenvalue weighted by Crippen LogP contribution is -2.30. The number of amides is 1. The molecule has 1 atom stereocenters. The van der Waals surface area contributed by atoms with Crippen LogP contribution in [0.4, 0.5) is 4.39 Å². The summed E-state index contributed by atoms with van der Waals surface area (Å²) in [7, 11) is 1.64. The van der Waals surface area contributed by atoms with Crippen molar-refractivity contribution < 1.29 is 9.18 Å². The number of rotatable bonds is 3. The number of pyridine rings is 1. The third-order valence-corrected chi connectivity index (χ3v) is 4.38. The minimum Gasteiger partial charge on any atom is -0.333 e. The third-order valence-electron chi connectivity index (χ3n) is 3.44. The van der Waals surface area contributed by atoms with E-state index in [0.717, 1.165) is 4.88 Å². The Balaban J connectivity index is 1.95. The van der Waals surface area contributed by atoms with E-state index in [-0.39, 0.29) is 11.7 Å². The van der Waals surface area contributed by atoms with E-state index in [0.29, 0.717) is 5.65 Å². The normalized spacial score (nSPS) is 12.5. The average Bonchev–Trinajstić information content (AvgIpc) is 3.14. The van der Waals surface area contributed by atoms with E-state index in [9.17, 15) is 9.18 Å². The first-order valence-corrected chi connectivity index (χ1v) is 7.25. The van der Waals surface area contributed by atoms with Gasteiger partial charge in [0.2, 0.25) is 5.95 Å². The Bertz CT molecular complexity index is 783. The smallest absolute Gasteiger partial charge is 0.277 e. The SMILES string of the molecule is CC(c1cncs1)N(C)C(=O)c1nc2ccccn2c1F. The van der Waals surface area contributed by atoms with E-state index < -0.39 is 11.9 Å². The van der Waals surface area contributed by atoms with Crippen LogP contribution in [0.25, 0.3) is 5.65 Å². The molecule has 1 amide bonds. The summed E-state index contributed by atoms with van der Waals surface area (Å²) in [5, 5.41) is 0. The van der Waals surface area contributed by atoms with E-state index in [1.54, 1.807) is 43.2 Å². The van der Waals surface area contributed by atoms with Crippen LogP contribution in [0.5, 0.6) is 0 Å². The molecule has 108 valence electrons. The predicted octanol–water partition coefficient (Wildman–Crippen LogP) is 2.76. The molecule has 3 rings (SSSR count). The summed E-state index contributed by atoms with van der Waals surface area (Å²) < 4.78 is 15.6. The number of thiazole rings is 1. The van der Waals surface area contributed by atoms with Gasteiger partial charge in [0.25, 0.3) is 5.91 Å². The molecule has 0 aromatic carbocycles. The zero-order valence-corrected chi connectivity index (χ0v) is 12.3. The molecular formula is C14H13FN4OS. The van der Waals surface area contributed by atoms with Crippen molar-refractivity contribution in [2.24, 2.45) is 0 Å². The molecule has 0 aliphatic carbocycles. The molecule has 0 fully saturated rings. The molecule has 0 saturated heterocycles. The lowest BCUT2D eigenvalue weighted by atomic mass is 10.2. The minimum absolute atomic E-state index is 0.167. The highest BCUT2D eigenvalue weighted by atomic mass is 32.1. The Kier molecular flexibility index (Phi) is 3.42. The third kappa shape index (κ3) is 2.29. The van der Waals surface area contributed by atoms with Gasteiger partial charge < -0.3 is 4.90 Å². The molecule has 5 nitrogen and oxygen atoms in total. The molecule has 3 aromatic rings. The standard InChI is InChI=1S/C14H13FN4OS/c1-9(10-7-16-8-21-10)18(2)14(20)12-13(15)19-6-4-3-5-11(19)17-12/h3-9H,1-2H3. The monoisotopic (exact) mass is 304 g/mol. The Morgan fingerprint density at radius 1 is 1.48 bits per heavy atom. The number of aromatic nitrogens is 3. The summed E-state index contributed by atoms with van der Waals surface area (Å²) >= 11 is 1.46. The van der Waals surface area contributed by atoms with Gasteiger partial charge in [-0.3, -0.25) is 14.2 Å². The van der Waals surface area contributed by atoms with Gasteiger partial charge in [-0.05, 0) is 19.1 Å². The fourth-order valence-corrected chi connectivity index (χ4v) is 2.79. The summed E-state index contributed by atoms with van der Waals surface area (Å²) in [5.41, 5.74) is 1.95. The zero-order valence-electron chi connectivity index (χ0n) is 11.5. The Hall–Kier alpha value is -2.28. The summed E-state index contributed by atoms with van der Waals surface area (Å²) in [6, 6.07) is 4.91. The fraction of sp³-hybridized carbons (Fsp3) is 0.214. The second kappa shape index (κ2) is 5.25. The highest BCUT2D eigenvalue weighted by Crippen LogP contribution is 2.24. The molecule has 21 heavy (non-hydrogen) atoms. The van der Waals surface area contributed by atoms with Crippen LogP contribution in [0.2, 0.25) is 0 Å². The number of nitrogens with zero attached hydrogens (tertiary/aromatic N) is 4. The molecule has 0 bridgehead atoms. The lowest BCUT2D eigenvalue weighted by molar-refractivity contribution is 0.0734. The maximum Gasteiger partial charge on any atom is 0.277 e. The Labute approximate surface area is 124 Å². The largest absolute Gasteiger partial charge is 0.333 e. The van der Waals surface area contributed by atoms with Crippen LogP contribution >= 0.6 is 11.3 Å². The van der Waals surface area contributed by atoms with Crippen molar-refractivity contribution in [3.05, 3.63) is 52.6 Å². The van der Waals surface area contributed by atoms with Gasteiger partial charge in [-0.15, -0.1) is 11.3 Å². The fourth-order valence-electron chi connectivity index (χ4n) is 2.07. The molecule has 3 heterocycles. The van der Waals surface area contributed by atoms with Crippen LogP contribution in [-0.2, 0) is 0 Å². The van der Waals surface area contributed by atoms with E-state index >= 15 is 0 Å². The molecule has 0 aliphatic rings. The Morgan fingerprint density at radius 2 is 2.29 bits per heavy atom. The lowest BCUT2D eigenvalue weighted by Gasteiger charge is -2.22. The van der Waals surface area contributed by atoms with Crippen molar-refractivity contribution >= 4 is 22.9 Å². The summed E-state index contributed by atoms with van der Waals surface area (Å²) in [6.45, 7) is 1.87. The van der Waals surface area contributed by atoms with Gasteiger partial charge in [0.15, 0.2) is 5.69 Å². The van der Waals surface area contributed by atoms with Gasteiger partial charge in [0.05, 0.1) is 11.6 Å². The summed E-state index contributed by atoms with van der Waals surface area (Å²) in [6.07, 6.45) is 3.25. The van der Waals surface area contributed by atoms with Crippen LogP contribution in [0.3, 0.4) is 0 Å². The summed E-state index contributed by atoms with van der Waals surface area (Å²) in [5.74, 6) is -1.09. The van der Waals surface area contributed by atoms with E-state index in [1.807, 2.05) is 6.92 Å². The number of halogens is 1. The number of imidazole rings is 1. The maximum atomic E-state index is 14.3. The number of hydrogen-bond donors (Lipinski definition) is 0. The van der Waals surface area contributed by atoms with Gasteiger partial charge in [-0.1, -0.05) is 6.07 Å². The van der Waals surface area contributed by atoms with E-state index in [2.05, 4.69) is 9.97 Å². The number of hydrogen-bond acceptors (Lipinski definition) is 4. The highest BCUT2D eigenvalue weighted by molar-refractivity contribution is 7.09. The van der Waals surface area contributed by atoms with Crippen molar-refractivity contribution in [1.82, 2.24) is 19.3 Å². The number of fused-ring (bicyclic) bond motifs is 1. The minimum atomic E-state index is -0.640. The van der Waals surface area contributed by atoms with Crippen LogP contribution in [0.15, 0.2) is 36.1 Å². The predicted molar refractivity (Wildman–Crippen MR) is 77.8 cm³/mol. The summed E-state index contributed by atoms with van der Waals surface area (Å²) in [4.78, 5) is 23.0. The van der Waals surface area contributed by atoms with Gasteiger partial charge in [-0.2, -0.15) is 4.39 Å². The first kappa shape index (κ1) is 13.7. The molecular weight excluding hydrogens is 291 g/mol. The molecule has 0 N–H and O–H groups in total. The van der Waals surface area contributed by atoms with Crippen molar-refractivity contribution in [3.63, 3.8) is 0 Å². The highest BCUT2D eigenvalue weighted by Gasteiger charge is 2.26. The first-order chi connectivity index (χ1) is 10.1. The van der Waals surface area contributed by atoms with Crippen molar-refractivity contribution in [2.75, 3.05) is 7.05 Å². The maximum absolute atomic E-state index is 14.3. The number of carbonyl (C=O) groups excluding carboxylic acids is 1. The van der Waals surface area contributed by atoms with Crippen molar-refractivity contribution in [2.45, 2.75) is 13.0 Å². The van der Waals surface area contributed by atoms with Crippen molar-refractivity contribution in [3.8, 4) is 0 Å². The van der Waals surface area contributed by atoms with Crippen LogP contribution in [0, 0.1) is 5.95 Å². The molecule has 3 aromatic heterocycles. The molecule has 0 saturated carbocycles. The van der Waals surface area contributed by atoms with Crippen molar-refractivity contribution in [1.29, 1.82) is 0 Å². The molecule has 7 heteroatoms. The van der Waals surface area contributed by atoms with Crippen LogP contribution in [-0.4, -0.2) is 32.2 Å². The van der Waals surface area contributed by atoms with E-state index in [4.69, 9.17) is 0 Å². The molecule has 1 unspecified atom stereocenters. The van der Waals surface area contributed by atoms with Gasteiger partial charge in [0, 0.05) is 24.3 Å². The van der Waals surface area contributed by atoms with Crippen LogP contribution < -0.4 is 0 Å². The van der Waals surface area contributed by atoms with E-state index in [1.165, 1.54) is 20.6 Å². The van der Waals surface area contributed by atoms with Gasteiger partial charge >= 0.3 is 0 Å². The molecule has 0 radical (unpaired) electrons. The van der Waals surface area contributed by atoms with Gasteiger partial charge in [-0.25, -0.2) is 4.98 Å². The van der Waals surface area contributed by atoms with Crippen LogP contribution in [0.1, 0.15) is 28.3 Å². The molecule has 0 spiro atoms. The Morgan fingerprint density at radius 3 is 2.95 bits per heavy atom. The molecule has 0 aliphatic heterocycles. The second-order valence-corrected chi connectivity index (χ2v) is 5.59. The quantitative estimate of drug-likeness (QED) is 0.747. The van der Waals surface area contributed by atoms with Gasteiger partial charge in [0.1, 0.15) is 5.65 Å². The number of carbonyl (C=O) groups is 1. The topological polar surface area (TPSA) is 50.5 Å².